The molecule has 0 aliphatic rings. The van der Waals surface area contributed by atoms with Crippen molar-refractivity contribution in [2.75, 3.05) is 18.2 Å². The van der Waals surface area contributed by atoms with Crippen molar-refractivity contribution >= 4 is 17.4 Å². The summed E-state index contributed by atoms with van der Waals surface area (Å²) >= 11 is 0. The van der Waals surface area contributed by atoms with Crippen molar-refractivity contribution in [3.05, 3.63) is 113 Å². The number of nitrogens with one attached hydrogen (secondary N) is 1. The van der Waals surface area contributed by atoms with Crippen LogP contribution in [-0.2, 0) is 7.05 Å². The molecule has 0 aliphatic carbocycles. The number of nitrogens with two attached hydrogens (primary N) is 1. The van der Waals surface area contributed by atoms with Gasteiger partial charge >= 0.3 is 0 Å². The quantitative estimate of drug-likeness (QED) is 0.336. The van der Waals surface area contributed by atoms with Crippen LogP contribution in [0.4, 0.5) is 11.5 Å². The number of aromatic nitrogens is 3. The van der Waals surface area contributed by atoms with Crippen LogP contribution in [0, 0.1) is 6.92 Å². The van der Waals surface area contributed by atoms with Crippen LogP contribution < -0.4 is 21.3 Å². The molecule has 190 valence electrons. The van der Waals surface area contributed by atoms with Gasteiger partial charge in [0.15, 0.2) is 0 Å². The van der Waals surface area contributed by atoms with Crippen LogP contribution in [0.5, 0.6) is 5.75 Å². The van der Waals surface area contributed by atoms with Crippen LogP contribution in [0.1, 0.15) is 16.1 Å². The Morgan fingerprint density at radius 2 is 1.58 bits per heavy atom. The van der Waals surface area contributed by atoms with Gasteiger partial charge in [-0.3, -0.25) is 14.3 Å². The van der Waals surface area contributed by atoms with Gasteiger partial charge in [0, 0.05) is 30.1 Å². The van der Waals surface area contributed by atoms with Crippen LogP contribution >= 0.6 is 0 Å². The fraction of sp³-hybridized carbons (Fsp3) is 0.100. The van der Waals surface area contributed by atoms with E-state index >= 15 is 0 Å². The van der Waals surface area contributed by atoms with Gasteiger partial charge in [0.25, 0.3) is 11.5 Å². The molecule has 0 fully saturated rings. The van der Waals surface area contributed by atoms with E-state index in [1.807, 2.05) is 72.8 Å². The standard InChI is InChI=1S/C30H27N5O3/c1-19-27(30(37)35(34(19)2)24-7-5-4-6-8-24)29(36)33-23-13-9-21(10-14-23)26-17-22(18-32-28(26)31)20-11-15-25(38-3)16-12-20/h4-18H,1-3H3,(H2,31,32)(H,33,36). The van der Waals surface area contributed by atoms with Gasteiger partial charge in [0.2, 0.25) is 0 Å². The monoisotopic (exact) mass is 505 g/mol. The molecule has 0 saturated heterocycles. The Balaban J connectivity index is 1.39. The van der Waals surface area contributed by atoms with Gasteiger partial charge in [0.05, 0.1) is 18.5 Å². The second kappa shape index (κ2) is 10.1. The number of benzene rings is 3. The normalized spacial score (nSPS) is 10.8. The van der Waals surface area contributed by atoms with E-state index in [-0.39, 0.29) is 11.1 Å². The van der Waals surface area contributed by atoms with Crippen LogP contribution in [0.15, 0.2) is 95.9 Å². The van der Waals surface area contributed by atoms with E-state index in [9.17, 15) is 9.59 Å². The van der Waals surface area contributed by atoms with Gasteiger partial charge in [-0.2, -0.15) is 0 Å². The molecule has 5 aromatic rings. The number of nitrogen functional groups attached to an aromatic ring is 1. The molecule has 0 bridgehead atoms. The SMILES string of the molecule is COc1ccc(-c2cnc(N)c(-c3ccc(NC(=O)c4c(C)n(C)n(-c5ccccc5)c4=O)cc3)c2)cc1. The number of nitrogens with zero attached hydrogens (tertiary/aromatic N) is 3. The third-order valence-electron chi connectivity index (χ3n) is 6.58. The maximum atomic E-state index is 13.2. The van der Waals surface area contributed by atoms with Gasteiger partial charge < -0.3 is 15.8 Å². The molecule has 2 heterocycles. The van der Waals surface area contributed by atoms with Crippen LogP contribution in [0.25, 0.3) is 27.9 Å². The highest BCUT2D eigenvalue weighted by atomic mass is 16.5. The molecule has 8 nitrogen and oxygen atoms in total. The Bertz CT molecular complexity index is 1670. The fourth-order valence-electron chi connectivity index (χ4n) is 4.40. The minimum atomic E-state index is -0.465. The lowest BCUT2D eigenvalue weighted by molar-refractivity contribution is 0.102. The van der Waals surface area contributed by atoms with E-state index in [0.29, 0.717) is 22.9 Å². The van der Waals surface area contributed by atoms with Gasteiger partial charge in [-0.25, -0.2) is 9.67 Å². The fourth-order valence-corrected chi connectivity index (χ4v) is 4.40. The van der Waals surface area contributed by atoms with Crippen LogP contribution in [0.2, 0.25) is 0 Å². The third kappa shape index (κ3) is 4.55. The molecule has 38 heavy (non-hydrogen) atoms. The van der Waals surface area contributed by atoms with Crippen molar-refractivity contribution in [1.82, 2.24) is 14.3 Å². The smallest absolute Gasteiger partial charge is 0.284 e. The predicted octanol–water partition coefficient (Wildman–Crippen LogP) is 5.06. The first-order valence-electron chi connectivity index (χ1n) is 12.0. The molecule has 0 spiro atoms. The minimum Gasteiger partial charge on any atom is -0.497 e. The number of carbonyl (C=O) groups excluding carboxylic acids is 1. The Morgan fingerprint density at radius 1 is 0.921 bits per heavy atom. The van der Waals surface area contributed by atoms with E-state index < -0.39 is 5.91 Å². The molecule has 5 rings (SSSR count). The van der Waals surface area contributed by atoms with Crippen molar-refractivity contribution in [1.29, 1.82) is 0 Å². The van der Waals surface area contributed by atoms with E-state index in [2.05, 4.69) is 10.3 Å². The number of rotatable bonds is 6. The number of hydrogen-bond acceptors (Lipinski definition) is 5. The molecule has 8 heteroatoms. The second-order valence-corrected chi connectivity index (χ2v) is 8.85. The molecule has 0 radical (unpaired) electrons. The van der Waals surface area contributed by atoms with Gasteiger partial charge in [0.1, 0.15) is 17.1 Å². The highest BCUT2D eigenvalue weighted by Gasteiger charge is 2.22. The van der Waals surface area contributed by atoms with Crippen LogP contribution in [0.3, 0.4) is 0 Å². The number of carbonyl (C=O) groups is 1. The number of ether oxygens (including phenoxy) is 1. The Kier molecular flexibility index (Phi) is 6.53. The zero-order valence-electron chi connectivity index (χ0n) is 21.3. The van der Waals surface area contributed by atoms with Gasteiger partial charge in [-0.15, -0.1) is 0 Å². The summed E-state index contributed by atoms with van der Waals surface area (Å²) in [5, 5.41) is 2.85. The van der Waals surface area contributed by atoms with Gasteiger partial charge in [-0.05, 0) is 60.5 Å². The maximum absolute atomic E-state index is 13.2. The maximum Gasteiger partial charge on any atom is 0.284 e. The molecular formula is C30H27N5O3. The Hall–Kier alpha value is -5.11. The van der Waals surface area contributed by atoms with Crippen molar-refractivity contribution in [2.45, 2.75) is 6.92 Å². The molecule has 2 aromatic heterocycles. The lowest BCUT2D eigenvalue weighted by Crippen LogP contribution is -2.25. The van der Waals surface area contributed by atoms with Crippen molar-refractivity contribution < 1.29 is 9.53 Å². The zero-order chi connectivity index (χ0) is 26.8. The molecule has 3 aromatic carbocycles. The summed E-state index contributed by atoms with van der Waals surface area (Å²) in [6.45, 7) is 1.75. The summed E-state index contributed by atoms with van der Waals surface area (Å²) in [5.41, 5.74) is 11.3. The van der Waals surface area contributed by atoms with Gasteiger partial charge in [-0.1, -0.05) is 42.5 Å². The number of hydrogen-bond donors (Lipinski definition) is 2. The lowest BCUT2D eigenvalue weighted by atomic mass is 10.0. The number of methoxy groups -OCH3 is 1. The first kappa shape index (κ1) is 24.6. The molecular weight excluding hydrogens is 478 g/mol. The molecule has 1 amide bonds. The summed E-state index contributed by atoms with van der Waals surface area (Å²) in [4.78, 5) is 30.7. The number of anilines is 2. The Labute approximate surface area is 219 Å². The first-order valence-corrected chi connectivity index (χ1v) is 12.0. The first-order chi connectivity index (χ1) is 18.4. The Morgan fingerprint density at radius 3 is 2.24 bits per heavy atom. The molecule has 3 N–H and O–H groups in total. The summed E-state index contributed by atoms with van der Waals surface area (Å²) in [5.74, 6) is 0.716. The minimum absolute atomic E-state index is 0.0982. The molecule has 0 saturated carbocycles. The van der Waals surface area contributed by atoms with E-state index in [0.717, 1.165) is 28.0 Å². The highest BCUT2D eigenvalue weighted by molar-refractivity contribution is 6.05. The number of para-hydroxylation sites is 1. The topological polar surface area (TPSA) is 104 Å². The van der Waals surface area contributed by atoms with E-state index in [1.54, 1.807) is 44.1 Å². The second-order valence-electron chi connectivity index (χ2n) is 8.85. The lowest BCUT2D eigenvalue weighted by Gasteiger charge is -2.10. The summed E-state index contributed by atoms with van der Waals surface area (Å²) in [6.07, 6.45) is 1.74. The summed E-state index contributed by atoms with van der Waals surface area (Å²) in [7, 11) is 3.39. The van der Waals surface area contributed by atoms with E-state index in [4.69, 9.17) is 10.5 Å². The highest BCUT2D eigenvalue weighted by Crippen LogP contribution is 2.31. The zero-order valence-corrected chi connectivity index (χ0v) is 21.3. The number of amides is 1. The molecule has 0 aliphatic heterocycles. The number of pyridine rings is 1. The summed E-state index contributed by atoms with van der Waals surface area (Å²) in [6, 6.07) is 26.2. The van der Waals surface area contributed by atoms with Crippen molar-refractivity contribution in [2.24, 2.45) is 7.05 Å². The van der Waals surface area contributed by atoms with E-state index in [1.165, 1.54) is 4.68 Å². The average Bonchev–Trinajstić information content (AvgIpc) is 3.17. The third-order valence-corrected chi connectivity index (χ3v) is 6.58. The van der Waals surface area contributed by atoms with Crippen LogP contribution in [-0.4, -0.2) is 27.4 Å². The van der Waals surface area contributed by atoms with Crippen molar-refractivity contribution in [3.8, 4) is 33.7 Å². The molecule has 0 atom stereocenters. The average molecular weight is 506 g/mol. The molecule has 0 unspecified atom stereocenters. The van der Waals surface area contributed by atoms with Crippen molar-refractivity contribution in [3.63, 3.8) is 0 Å². The predicted molar refractivity (Wildman–Crippen MR) is 150 cm³/mol. The largest absolute Gasteiger partial charge is 0.497 e. The summed E-state index contributed by atoms with van der Waals surface area (Å²) < 4.78 is 8.41.